The number of amides is 4. The number of imide groups is 2. The topological polar surface area (TPSA) is 74.8 Å². The summed E-state index contributed by atoms with van der Waals surface area (Å²) in [6.45, 7) is 8.63. The summed E-state index contributed by atoms with van der Waals surface area (Å²) >= 11 is 0. The van der Waals surface area contributed by atoms with E-state index in [0.717, 1.165) is 38.5 Å². The minimum Gasteiger partial charge on any atom is -0.271 e. The van der Waals surface area contributed by atoms with E-state index < -0.39 is 0 Å². The van der Waals surface area contributed by atoms with Crippen LogP contribution in [0.3, 0.4) is 0 Å². The maximum Gasteiger partial charge on any atom is 0.261 e. The van der Waals surface area contributed by atoms with E-state index in [1.54, 1.807) is 24.3 Å². The van der Waals surface area contributed by atoms with Gasteiger partial charge in [-0.05, 0) is 60.8 Å². The van der Waals surface area contributed by atoms with Crippen molar-refractivity contribution >= 4 is 34.4 Å². The van der Waals surface area contributed by atoms with E-state index in [-0.39, 0.29) is 47.5 Å². The molecule has 4 aliphatic rings. The van der Waals surface area contributed by atoms with Gasteiger partial charge < -0.3 is 0 Å². The second-order valence-electron chi connectivity index (χ2n) is 11.7. The molecule has 0 unspecified atom stereocenters. The van der Waals surface area contributed by atoms with E-state index in [1.807, 2.05) is 0 Å². The smallest absolute Gasteiger partial charge is 0.261 e. The second-order valence-corrected chi connectivity index (χ2v) is 11.7. The Morgan fingerprint density at radius 3 is 1.14 bits per heavy atom. The highest BCUT2D eigenvalue weighted by molar-refractivity contribution is 6.33. The Balaban J connectivity index is 1.47. The Hall–Kier alpha value is -3.02. The highest BCUT2D eigenvalue weighted by Gasteiger charge is 2.46. The molecule has 2 aliphatic carbocycles. The van der Waals surface area contributed by atoms with E-state index in [4.69, 9.17) is 0 Å². The van der Waals surface area contributed by atoms with Crippen LogP contribution in [0.4, 0.5) is 0 Å². The van der Waals surface area contributed by atoms with Crippen molar-refractivity contribution in [2.45, 2.75) is 78.3 Å². The van der Waals surface area contributed by atoms with Gasteiger partial charge in [0, 0.05) is 45.1 Å². The van der Waals surface area contributed by atoms with Crippen molar-refractivity contribution < 1.29 is 19.2 Å². The van der Waals surface area contributed by atoms with Gasteiger partial charge in [0.2, 0.25) is 0 Å². The van der Waals surface area contributed by atoms with Gasteiger partial charge in [0.05, 0.1) is 0 Å². The van der Waals surface area contributed by atoms with Crippen LogP contribution in [0.1, 0.15) is 108 Å². The summed E-state index contributed by atoms with van der Waals surface area (Å²) in [5, 5.41) is 0.943. The predicted octanol–water partition coefficient (Wildman–Crippen LogP) is 5.68. The first-order chi connectivity index (χ1) is 17.2. The number of carbonyl (C=O) groups excluding carboxylic acids is 4. The summed E-state index contributed by atoms with van der Waals surface area (Å²) in [7, 11) is 0. The number of nitrogens with zero attached hydrogens (tertiary/aromatic N) is 2. The van der Waals surface area contributed by atoms with Crippen molar-refractivity contribution in [3.63, 3.8) is 0 Å². The molecule has 36 heavy (non-hydrogen) atoms. The van der Waals surface area contributed by atoms with E-state index in [2.05, 4.69) is 27.7 Å². The van der Waals surface area contributed by atoms with Gasteiger partial charge in [0.1, 0.15) is 0 Å². The summed E-state index contributed by atoms with van der Waals surface area (Å²) in [6.07, 6.45) is 5.80. The minimum absolute atomic E-state index is 0.141. The van der Waals surface area contributed by atoms with Crippen LogP contribution in [0, 0.1) is 23.7 Å². The van der Waals surface area contributed by atoms with Crippen LogP contribution in [-0.4, -0.2) is 45.5 Å². The fraction of sp³-hybridized carbons (Fsp3) is 0.533. The van der Waals surface area contributed by atoms with Crippen LogP contribution < -0.4 is 0 Å². The first-order valence-corrected chi connectivity index (χ1v) is 13.6. The molecule has 2 aromatic carbocycles. The van der Waals surface area contributed by atoms with E-state index in [0.29, 0.717) is 44.9 Å². The lowest BCUT2D eigenvalue weighted by atomic mass is 9.75. The number of rotatable bonds is 2. The molecule has 0 aromatic heterocycles. The molecule has 6 atom stereocenters. The number of benzene rings is 2. The maximum atomic E-state index is 13.8. The largest absolute Gasteiger partial charge is 0.271 e. The van der Waals surface area contributed by atoms with Crippen molar-refractivity contribution in [1.82, 2.24) is 9.80 Å². The van der Waals surface area contributed by atoms with Gasteiger partial charge >= 0.3 is 0 Å². The Kier molecular flexibility index (Phi) is 5.36. The van der Waals surface area contributed by atoms with Crippen LogP contribution in [0.25, 0.3) is 10.8 Å². The molecule has 188 valence electrons. The van der Waals surface area contributed by atoms with Gasteiger partial charge in [-0.25, -0.2) is 0 Å². The van der Waals surface area contributed by atoms with Crippen LogP contribution in [0.2, 0.25) is 0 Å². The molecule has 2 heterocycles. The maximum absolute atomic E-state index is 13.8. The predicted molar refractivity (Wildman–Crippen MR) is 137 cm³/mol. The van der Waals surface area contributed by atoms with Crippen LogP contribution in [0.5, 0.6) is 0 Å². The van der Waals surface area contributed by atoms with Crippen molar-refractivity contribution in [3.8, 4) is 0 Å². The number of hydrogen-bond acceptors (Lipinski definition) is 4. The number of hydrogen-bond donors (Lipinski definition) is 0. The summed E-state index contributed by atoms with van der Waals surface area (Å²) < 4.78 is 0. The molecular formula is C30H34N2O4. The SMILES string of the molecule is C[C@@H]1[C@H](N2C(=O)c3ccc4c5c(ccc(c35)C2=O)C(=O)N([C@H]2CCC[C@@H](C)[C@H]2C)C4=O)CCC[C@@H]1C. The Morgan fingerprint density at radius 2 is 0.833 bits per heavy atom. The molecule has 2 aliphatic heterocycles. The fourth-order valence-electron chi connectivity index (χ4n) is 7.35. The molecule has 0 N–H and O–H groups in total. The van der Waals surface area contributed by atoms with Crippen LogP contribution in [0.15, 0.2) is 24.3 Å². The van der Waals surface area contributed by atoms with E-state index in [9.17, 15) is 19.2 Å². The van der Waals surface area contributed by atoms with Gasteiger partial charge in [-0.2, -0.15) is 0 Å². The van der Waals surface area contributed by atoms with Crippen molar-refractivity contribution in [3.05, 3.63) is 46.5 Å². The summed E-state index contributed by atoms with van der Waals surface area (Å²) in [6, 6.07) is 6.51. The van der Waals surface area contributed by atoms with Crippen molar-refractivity contribution in [2.24, 2.45) is 23.7 Å². The zero-order valence-electron chi connectivity index (χ0n) is 21.5. The average Bonchev–Trinajstić information content (AvgIpc) is 2.86. The molecule has 2 fully saturated rings. The lowest BCUT2D eigenvalue weighted by Gasteiger charge is -2.43. The summed E-state index contributed by atoms with van der Waals surface area (Å²) in [4.78, 5) is 58.0. The Labute approximate surface area is 212 Å². The zero-order chi connectivity index (χ0) is 25.5. The minimum atomic E-state index is -0.306. The van der Waals surface area contributed by atoms with E-state index >= 15 is 0 Å². The first-order valence-electron chi connectivity index (χ1n) is 13.6. The molecule has 4 amide bonds. The second kappa shape index (κ2) is 8.25. The lowest BCUT2D eigenvalue weighted by molar-refractivity contribution is 0.0365. The average molecular weight is 487 g/mol. The van der Waals surface area contributed by atoms with Gasteiger partial charge in [0.25, 0.3) is 23.6 Å². The molecule has 6 heteroatoms. The third kappa shape index (κ3) is 3.09. The quantitative estimate of drug-likeness (QED) is 0.512. The van der Waals surface area contributed by atoms with Gasteiger partial charge in [0.15, 0.2) is 0 Å². The van der Waals surface area contributed by atoms with Gasteiger partial charge in [-0.15, -0.1) is 0 Å². The monoisotopic (exact) mass is 486 g/mol. The third-order valence-corrected chi connectivity index (χ3v) is 9.95. The normalized spacial score (nSPS) is 32.4. The Morgan fingerprint density at radius 1 is 0.528 bits per heavy atom. The van der Waals surface area contributed by atoms with E-state index in [1.165, 1.54) is 9.80 Å². The summed E-state index contributed by atoms with van der Waals surface area (Å²) in [5.74, 6) is 0.0895. The molecule has 0 radical (unpaired) electrons. The first kappa shape index (κ1) is 23.4. The molecule has 0 bridgehead atoms. The molecule has 2 saturated carbocycles. The number of carbonyl (C=O) groups is 4. The summed E-state index contributed by atoms with van der Waals surface area (Å²) in [5.41, 5.74) is 1.68. The molecule has 2 aromatic rings. The molecule has 6 rings (SSSR count). The van der Waals surface area contributed by atoms with Crippen molar-refractivity contribution in [1.29, 1.82) is 0 Å². The van der Waals surface area contributed by atoms with Crippen LogP contribution in [-0.2, 0) is 0 Å². The highest BCUT2D eigenvalue weighted by atomic mass is 16.2. The molecular weight excluding hydrogens is 452 g/mol. The highest BCUT2D eigenvalue weighted by Crippen LogP contribution is 2.43. The Bertz CT molecular complexity index is 1160. The van der Waals surface area contributed by atoms with Gasteiger partial charge in [-0.3, -0.25) is 29.0 Å². The molecule has 6 nitrogen and oxygen atoms in total. The fourth-order valence-corrected chi connectivity index (χ4v) is 7.35. The van der Waals surface area contributed by atoms with Crippen molar-refractivity contribution in [2.75, 3.05) is 0 Å². The lowest BCUT2D eigenvalue weighted by Crippen LogP contribution is -2.53. The molecule has 0 spiro atoms. The zero-order valence-corrected chi connectivity index (χ0v) is 21.5. The van der Waals surface area contributed by atoms with Crippen LogP contribution >= 0.6 is 0 Å². The molecule has 0 saturated heterocycles. The standard InChI is InChI=1S/C30H34N2O4/c1-15-7-5-9-23(17(15)3)31-27(33)19-11-13-21-26-22(14-12-20(25(19)26)28(31)34)30(36)32(29(21)35)24-10-6-8-16(2)18(24)4/h11-18,23-24H,5-10H2,1-4H3/t15-,16+,17-,18+,23+,24-. The third-order valence-electron chi connectivity index (χ3n) is 9.95. The van der Waals surface area contributed by atoms with Gasteiger partial charge in [-0.1, -0.05) is 53.4 Å².